The molecule has 1 aromatic carbocycles. The van der Waals surface area contributed by atoms with E-state index in [2.05, 4.69) is 0 Å². The van der Waals surface area contributed by atoms with Crippen LogP contribution in [-0.2, 0) is 4.79 Å². The summed E-state index contributed by atoms with van der Waals surface area (Å²) in [5, 5.41) is 0. The number of hydrogen-bond acceptors (Lipinski definition) is 4. The number of methoxy groups -OCH3 is 1. The van der Waals surface area contributed by atoms with Crippen molar-refractivity contribution >= 4 is 5.78 Å². The summed E-state index contributed by atoms with van der Waals surface area (Å²) < 4.78 is 16.0. The first-order chi connectivity index (χ1) is 7.22. The normalized spacial score (nSPS) is 18.4. The smallest absolute Gasteiger partial charge is 0.203 e. The van der Waals surface area contributed by atoms with Crippen molar-refractivity contribution in [3.8, 4) is 17.2 Å². The zero-order chi connectivity index (χ0) is 10.8. The third kappa shape index (κ3) is 1.75. The van der Waals surface area contributed by atoms with Crippen molar-refractivity contribution < 1.29 is 19.0 Å². The molecule has 1 aromatic rings. The van der Waals surface area contributed by atoms with E-state index in [1.807, 2.05) is 0 Å². The molecule has 1 heterocycles. The molecule has 0 aromatic heterocycles. The van der Waals surface area contributed by atoms with Gasteiger partial charge in [0, 0.05) is 0 Å². The number of carbonyl (C=O) groups excluding carboxylic acids is 1. The molecule has 0 saturated heterocycles. The van der Waals surface area contributed by atoms with Gasteiger partial charge in [-0.2, -0.15) is 0 Å². The first-order valence-corrected chi connectivity index (χ1v) is 4.69. The van der Waals surface area contributed by atoms with Crippen LogP contribution in [0.3, 0.4) is 0 Å². The van der Waals surface area contributed by atoms with E-state index in [1.54, 1.807) is 25.3 Å². The minimum absolute atomic E-state index is 0.0385. The van der Waals surface area contributed by atoms with Gasteiger partial charge in [0.2, 0.25) is 5.75 Å². The molecule has 4 heteroatoms. The van der Waals surface area contributed by atoms with Crippen LogP contribution in [0.2, 0.25) is 0 Å². The van der Waals surface area contributed by atoms with Crippen molar-refractivity contribution in [3.05, 3.63) is 18.2 Å². The molecule has 1 aliphatic rings. The van der Waals surface area contributed by atoms with Gasteiger partial charge >= 0.3 is 0 Å². The molecule has 0 spiro atoms. The van der Waals surface area contributed by atoms with E-state index in [-0.39, 0.29) is 12.4 Å². The number of carbonyl (C=O) groups is 1. The molecule has 1 atom stereocenters. The molecule has 80 valence electrons. The maximum absolute atomic E-state index is 11.1. The highest BCUT2D eigenvalue weighted by atomic mass is 16.6. The van der Waals surface area contributed by atoms with Crippen LogP contribution in [0.15, 0.2) is 18.2 Å². The molecule has 0 aliphatic carbocycles. The van der Waals surface area contributed by atoms with Crippen molar-refractivity contribution in [1.29, 1.82) is 0 Å². The van der Waals surface area contributed by atoms with Gasteiger partial charge in [-0.05, 0) is 19.1 Å². The zero-order valence-electron chi connectivity index (χ0n) is 8.65. The van der Waals surface area contributed by atoms with E-state index < -0.39 is 6.10 Å². The molecule has 0 amide bonds. The fourth-order valence-corrected chi connectivity index (χ4v) is 1.44. The van der Waals surface area contributed by atoms with Crippen LogP contribution in [0.1, 0.15) is 6.92 Å². The molecule has 1 unspecified atom stereocenters. The fourth-order valence-electron chi connectivity index (χ4n) is 1.44. The summed E-state index contributed by atoms with van der Waals surface area (Å²) in [5.74, 6) is 1.70. The second kappa shape index (κ2) is 3.81. The van der Waals surface area contributed by atoms with Crippen LogP contribution >= 0.6 is 0 Å². The van der Waals surface area contributed by atoms with Gasteiger partial charge in [0.1, 0.15) is 6.61 Å². The first-order valence-electron chi connectivity index (χ1n) is 4.69. The Kier molecular flexibility index (Phi) is 2.49. The average molecular weight is 208 g/mol. The summed E-state index contributed by atoms with van der Waals surface area (Å²) in [7, 11) is 1.57. The highest BCUT2D eigenvalue weighted by Crippen LogP contribution is 2.39. The molecule has 4 nitrogen and oxygen atoms in total. The molecule has 2 rings (SSSR count). The Morgan fingerprint density at radius 1 is 1.53 bits per heavy atom. The third-order valence-corrected chi connectivity index (χ3v) is 2.26. The van der Waals surface area contributed by atoms with E-state index in [9.17, 15) is 4.79 Å². The standard InChI is InChI=1S/C11H12O4/c1-7(12)10-6-14-11-8(13-2)4-3-5-9(11)15-10/h3-5,10H,6H2,1-2H3. The summed E-state index contributed by atoms with van der Waals surface area (Å²) in [4.78, 5) is 11.1. The number of fused-ring (bicyclic) bond motifs is 1. The van der Waals surface area contributed by atoms with Gasteiger partial charge in [0.15, 0.2) is 23.4 Å². The molecule has 15 heavy (non-hydrogen) atoms. The molecule has 0 radical (unpaired) electrons. The van der Waals surface area contributed by atoms with Crippen LogP contribution in [0.5, 0.6) is 17.2 Å². The van der Waals surface area contributed by atoms with Crippen molar-refractivity contribution in [2.75, 3.05) is 13.7 Å². The zero-order valence-corrected chi connectivity index (χ0v) is 8.65. The second-order valence-electron chi connectivity index (χ2n) is 3.32. The van der Waals surface area contributed by atoms with Crippen molar-refractivity contribution in [2.45, 2.75) is 13.0 Å². The number of benzene rings is 1. The topological polar surface area (TPSA) is 44.8 Å². The summed E-state index contributed by atoms with van der Waals surface area (Å²) in [5.41, 5.74) is 0. The van der Waals surface area contributed by atoms with E-state index >= 15 is 0 Å². The minimum Gasteiger partial charge on any atom is -0.493 e. The van der Waals surface area contributed by atoms with Crippen LogP contribution in [0, 0.1) is 0 Å². The van der Waals surface area contributed by atoms with Crippen LogP contribution < -0.4 is 14.2 Å². The Balaban J connectivity index is 2.31. The number of ketones is 1. The lowest BCUT2D eigenvalue weighted by atomic mass is 10.2. The number of ether oxygens (including phenoxy) is 3. The summed E-state index contributed by atoms with van der Waals surface area (Å²) in [6.07, 6.45) is -0.510. The van der Waals surface area contributed by atoms with Crippen LogP contribution in [0.25, 0.3) is 0 Å². The van der Waals surface area contributed by atoms with Crippen molar-refractivity contribution in [1.82, 2.24) is 0 Å². The fraction of sp³-hybridized carbons (Fsp3) is 0.364. The van der Waals surface area contributed by atoms with Gasteiger partial charge in [0.25, 0.3) is 0 Å². The van der Waals surface area contributed by atoms with Gasteiger partial charge in [-0.3, -0.25) is 4.79 Å². The van der Waals surface area contributed by atoms with Crippen LogP contribution in [-0.4, -0.2) is 25.6 Å². The molecule has 0 bridgehead atoms. The van der Waals surface area contributed by atoms with E-state index in [0.29, 0.717) is 17.2 Å². The Morgan fingerprint density at radius 2 is 2.33 bits per heavy atom. The third-order valence-electron chi connectivity index (χ3n) is 2.26. The maximum atomic E-state index is 11.1. The first kappa shape index (κ1) is 9.83. The Bertz CT molecular complexity index is 386. The predicted molar refractivity (Wildman–Crippen MR) is 53.6 cm³/mol. The van der Waals surface area contributed by atoms with E-state index in [4.69, 9.17) is 14.2 Å². The average Bonchev–Trinajstić information content (AvgIpc) is 2.27. The molecule has 0 N–H and O–H groups in total. The lowest BCUT2D eigenvalue weighted by Gasteiger charge is -2.25. The highest BCUT2D eigenvalue weighted by Gasteiger charge is 2.26. The quantitative estimate of drug-likeness (QED) is 0.737. The molecule has 1 aliphatic heterocycles. The van der Waals surface area contributed by atoms with Gasteiger partial charge in [0.05, 0.1) is 7.11 Å². The molecule has 0 saturated carbocycles. The van der Waals surface area contributed by atoms with Gasteiger partial charge < -0.3 is 14.2 Å². The number of para-hydroxylation sites is 1. The number of Topliss-reactive ketones (excluding diaryl/α,β-unsaturated/α-hetero) is 1. The van der Waals surface area contributed by atoms with E-state index in [0.717, 1.165) is 0 Å². The monoisotopic (exact) mass is 208 g/mol. The summed E-state index contributed by atoms with van der Waals surface area (Å²) in [6, 6.07) is 5.34. The summed E-state index contributed by atoms with van der Waals surface area (Å²) >= 11 is 0. The second-order valence-corrected chi connectivity index (χ2v) is 3.32. The minimum atomic E-state index is -0.510. The lowest BCUT2D eigenvalue weighted by molar-refractivity contribution is -0.125. The van der Waals surface area contributed by atoms with Gasteiger partial charge in [-0.1, -0.05) is 6.07 Å². The summed E-state index contributed by atoms with van der Waals surface area (Å²) in [6.45, 7) is 1.72. The lowest BCUT2D eigenvalue weighted by Crippen LogP contribution is -2.35. The van der Waals surface area contributed by atoms with Gasteiger partial charge in [-0.25, -0.2) is 0 Å². The molecular weight excluding hydrogens is 196 g/mol. The predicted octanol–water partition coefficient (Wildman–Crippen LogP) is 1.42. The van der Waals surface area contributed by atoms with Crippen LogP contribution in [0.4, 0.5) is 0 Å². The molecular formula is C11H12O4. The number of hydrogen-bond donors (Lipinski definition) is 0. The maximum Gasteiger partial charge on any atom is 0.203 e. The van der Waals surface area contributed by atoms with E-state index in [1.165, 1.54) is 6.92 Å². The Labute approximate surface area is 87.8 Å². The largest absolute Gasteiger partial charge is 0.493 e. The Hall–Kier alpha value is -1.71. The van der Waals surface area contributed by atoms with Gasteiger partial charge in [-0.15, -0.1) is 0 Å². The van der Waals surface area contributed by atoms with Crippen molar-refractivity contribution in [2.24, 2.45) is 0 Å². The highest BCUT2D eigenvalue weighted by molar-refractivity contribution is 5.81. The Morgan fingerprint density at radius 3 is 3.00 bits per heavy atom. The number of rotatable bonds is 2. The van der Waals surface area contributed by atoms with Crippen molar-refractivity contribution in [3.63, 3.8) is 0 Å². The molecule has 0 fully saturated rings. The SMILES string of the molecule is COc1cccc2c1OCC(C(C)=O)O2.